The van der Waals surface area contributed by atoms with Crippen LogP contribution < -0.4 is 0 Å². The van der Waals surface area contributed by atoms with E-state index in [1.807, 2.05) is 12.4 Å². The first-order valence-electron chi connectivity index (χ1n) is 10.2. The van der Waals surface area contributed by atoms with E-state index in [2.05, 4.69) is 48.1 Å². The maximum atomic E-state index is 4.56. The van der Waals surface area contributed by atoms with Crippen molar-refractivity contribution in [3.8, 4) is 11.4 Å². The Bertz CT molecular complexity index is 622. The lowest BCUT2D eigenvalue weighted by atomic mass is 9.77. The molecule has 134 valence electrons. The molecule has 0 saturated heterocycles. The fourth-order valence-electron chi connectivity index (χ4n) is 4.11. The van der Waals surface area contributed by atoms with E-state index < -0.39 is 0 Å². The quantitative estimate of drug-likeness (QED) is 0.572. The second-order valence-electron chi connectivity index (χ2n) is 7.65. The summed E-state index contributed by atoms with van der Waals surface area (Å²) in [6, 6.07) is 9.01. The van der Waals surface area contributed by atoms with Crippen molar-refractivity contribution in [3.05, 3.63) is 47.8 Å². The van der Waals surface area contributed by atoms with Crippen LogP contribution in [0.25, 0.3) is 11.4 Å². The van der Waals surface area contributed by atoms with E-state index in [0.29, 0.717) is 0 Å². The van der Waals surface area contributed by atoms with Crippen LogP contribution in [0.15, 0.2) is 36.7 Å². The van der Waals surface area contributed by atoms with Gasteiger partial charge < -0.3 is 0 Å². The molecule has 1 heterocycles. The smallest absolute Gasteiger partial charge is 0.159 e. The number of benzene rings is 1. The molecular formula is C23H32N2. The van der Waals surface area contributed by atoms with Gasteiger partial charge in [-0.15, -0.1) is 0 Å². The van der Waals surface area contributed by atoms with Crippen LogP contribution in [-0.4, -0.2) is 9.97 Å². The zero-order chi connectivity index (χ0) is 17.5. The summed E-state index contributed by atoms with van der Waals surface area (Å²) < 4.78 is 0. The zero-order valence-electron chi connectivity index (χ0n) is 15.9. The Morgan fingerprint density at radius 2 is 1.56 bits per heavy atom. The molecule has 2 nitrogen and oxygen atoms in total. The minimum Gasteiger partial charge on any atom is -0.236 e. The largest absolute Gasteiger partial charge is 0.236 e. The minimum absolute atomic E-state index is 0.750. The van der Waals surface area contributed by atoms with Crippen LogP contribution in [0.4, 0.5) is 0 Å². The van der Waals surface area contributed by atoms with Gasteiger partial charge in [-0.2, -0.15) is 0 Å². The van der Waals surface area contributed by atoms with Gasteiger partial charge in [-0.3, -0.25) is 0 Å². The predicted molar refractivity (Wildman–Crippen MR) is 106 cm³/mol. The molecule has 0 radical (unpaired) electrons. The summed E-state index contributed by atoms with van der Waals surface area (Å²) in [4.78, 5) is 9.13. The number of rotatable bonds is 7. The van der Waals surface area contributed by atoms with Gasteiger partial charge in [0.2, 0.25) is 0 Å². The van der Waals surface area contributed by atoms with Crippen LogP contribution in [0.1, 0.15) is 82.3 Å². The zero-order valence-corrected chi connectivity index (χ0v) is 15.9. The second-order valence-corrected chi connectivity index (χ2v) is 7.65. The molecule has 0 aliphatic heterocycles. The molecule has 0 atom stereocenters. The molecule has 1 fully saturated rings. The summed E-state index contributed by atoms with van der Waals surface area (Å²) in [7, 11) is 0. The molecule has 2 aromatic rings. The first kappa shape index (κ1) is 18.1. The molecule has 0 unspecified atom stereocenters. The molecule has 1 aliphatic carbocycles. The van der Waals surface area contributed by atoms with Crippen molar-refractivity contribution in [2.75, 3.05) is 0 Å². The van der Waals surface area contributed by atoms with Crippen LogP contribution in [0.2, 0.25) is 0 Å². The maximum absolute atomic E-state index is 4.56. The first-order chi connectivity index (χ1) is 12.3. The highest BCUT2D eigenvalue weighted by Crippen LogP contribution is 2.37. The van der Waals surface area contributed by atoms with E-state index in [-0.39, 0.29) is 0 Å². The van der Waals surface area contributed by atoms with Crippen molar-refractivity contribution >= 4 is 0 Å². The number of hydrogen-bond donors (Lipinski definition) is 0. The van der Waals surface area contributed by atoms with Crippen LogP contribution >= 0.6 is 0 Å². The lowest BCUT2D eigenvalue weighted by Gasteiger charge is -2.28. The fourth-order valence-corrected chi connectivity index (χ4v) is 4.11. The molecule has 0 N–H and O–H groups in total. The lowest BCUT2D eigenvalue weighted by Crippen LogP contribution is -2.13. The van der Waals surface area contributed by atoms with E-state index in [1.54, 1.807) is 0 Å². The molecule has 1 saturated carbocycles. The van der Waals surface area contributed by atoms with Gasteiger partial charge in [-0.1, -0.05) is 57.4 Å². The van der Waals surface area contributed by atoms with Gasteiger partial charge in [0.05, 0.1) is 0 Å². The third-order valence-electron chi connectivity index (χ3n) is 5.71. The van der Waals surface area contributed by atoms with Gasteiger partial charge in [-0.25, -0.2) is 9.97 Å². The van der Waals surface area contributed by atoms with Gasteiger partial charge in [-0.05, 0) is 61.5 Å². The predicted octanol–water partition coefficient (Wildman–Crippen LogP) is 6.56. The molecule has 3 rings (SSSR count). The van der Waals surface area contributed by atoms with Crippen LogP contribution in [0.5, 0.6) is 0 Å². The molecule has 0 amide bonds. The molecule has 0 spiro atoms. The van der Waals surface area contributed by atoms with Crippen molar-refractivity contribution in [1.82, 2.24) is 9.97 Å². The van der Waals surface area contributed by atoms with E-state index in [4.69, 9.17) is 0 Å². The monoisotopic (exact) mass is 336 g/mol. The summed E-state index contributed by atoms with van der Waals surface area (Å²) in [5, 5.41) is 0. The minimum atomic E-state index is 0.750. The van der Waals surface area contributed by atoms with Crippen molar-refractivity contribution in [2.45, 2.75) is 77.6 Å². The van der Waals surface area contributed by atoms with E-state index in [0.717, 1.165) is 29.6 Å². The highest BCUT2D eigenvalue weighted by Gasteiger charge is 2.21. The normalized spacial score (nSPS) is 20.6. The fraction of sp³-hybridized carbons (Fsp3) is 0.565. The number of aromatic nitrogens is 2. The van der Waals surface area contributed by atoms with E-state index in [1.165, 1.54) is 62.5 Å². The summed E-state index contributed by atoms with van der Waals surface area (Å²) in [5.74, 6) is 2.57. The highest BCUT2D eigenvalue weighted by atomic mass is 14.9. The van der Waals surface area contributed by atoms with Gasteiger partial charge in [0.15, 0.2) is 5.82 Å². The molecule has 1 aliphatic rings. The molecule has 2 heteroatoms. The number of unbranched alkanes of at least 4 members (excludes halogenated alkanes) is 1. The average molecular weight is 337 g/mol. The Hall–Kier alpha value is -1.70. The van der Waals surface area contributed by atoms with Crippen LogP contribution in [0.3, 0.4) is 0 Å². The van der Waals surface area contributed by atoms with E-state index in [9.17, 15) is 0 Å². The van der Waals surface area contributed by atoms with E-state index >= 15 is 0 Å². The molecule has 1 aromatic carbocycles. The first-order valence-corrected chi connectivity index (χ1v) is 10.2. The van der Waals surface area contributed by atoms with Crippen LogP contribution in [-0.2, 0) is 6.42 Å². The molecule has 1 aromatic heterocycles. The summed E-state index contributed by atoms with van der Waals surface area (Å²) in [5.41, 5.74) is 3.87. The topological polar surface area (TPSA) is 25.8 Å². The lowest BCUT2D eigenvalue weighted by molar-refractivity contribution is 0.308. The molecular weight excluding hydrogens is 304 g/mol. The number of aryl methyl sites for hydroxylation is 1. The van der Waals surface area contributed by atoms with Crippen LogP contribution in [0, 0.1) is 5.92 Å². The van der Waals surface area contributed by atoms with Gasteiger partial charge in [0.1, 0.15) is 0 Å². The Morgan fingerprint density at radius 1 is 0.880 bits per heavy atom. The Labute approximate surface area is 153 Å². The summed E-state index contributed by atoms with van der Waals surface area (Å²) in [6.07, 6.45) is 15.7. The van der Waals surface area contributed by atoms with Crippen molar-refractivity contribution < 1.29 is 0 Å². The molecule has 0 bridgehead atoms. The summed E-state index contributed by atoms with van der Waals surface area (Å²) >= 11 is 0. The average Bonchev–Trinajstić information content (AvgIpc) is 2.68. The third kappa shape index (κ3) is 4.90. The van der Waals surface area contributed by atoms with Gasteiger partial charge >= 0.3 is 0 Å². The maximum Gasteiger partial charge on any atom is 0.159 e. The second kappa shape index (κ2) is 9.12. The Kier molecular flexibility index (Phi) is 6.61. The van der Waals surface area contributed by atoms with Crippen molar-refractivity contribution in [1.29, 1.82) is 0 Å². The third-order valence-corrected chi connectivity index (χ3v) is 5.71. The standard InChI is InChI=1S/C23H32N2/c1-3-5-7-19-16-24-23(25-17-19)22-14-12-21(13-15-22)20-10-8-18(6-4-2)9-11-20/h12-18,20H,3-11H2,1-2H3. The Balaban J connectivity index is 1.60. The Morgan fingerprint density at radius 3 is 2.16 bits per heavy atom. The number of nitrogens with zero attached hydrogens (tertiary/aromatic N) is 2. The highest BCUT2D eigenvalue weighted by molar-refractivity contribution is 5.55. The van der Waals surface area contributed by atoms with Gasteiger partial charge in [0, 0.05) is 18.0 Å². The van der Waals surface area contributed by atoms with Crippen molar-refractivity contribution in [2.24, 2.45) is 5.92 Å². The molecule has 25 heavy (non-hydrogen) atoms. The van der Waals surface area contributed by atoms with Gasteiger partial charge in [0.25, 0.3) is 0 Å². The summed E-state index contributed by atoms with van der Waals surface area (Å²) in [6.45, 7) is 4.52. The number of hydrogen-bond acceptors (Lipinski definition) is 2. The SMILES string of the molecule is CCCCc1cnc(-c2ccc(C3CCC(CCC)CC3)cc2)nc1. The van der Waals surface area contributed by atoms with Crippen molar-refractivity contribution in [3.63, 3.8) is 0 Å².